The summed E-state index contributed by atoms with van der Waals surface area (Å²) >= 11 is 5.99. The van der Waals surface area contributed by atoms with Crippen molar-refractivity contribution in [1.29, 1.82) is 0 Å². The largest absolute Gasteiger partial charge is 0.377 e. The maximum atomic E-state index is 5.99. The van der Waals surface area contributed by atoms with E-state index in [0.29, 0.717) is 11.7 Å². The van der Waals surface area contributed by atoms with Crippen LogP contribution in [0, 0.1) is 6.92 Å². The Bertz CT molecular complexity index is 473. The molecule has 16 heavy (non-hydrogen) atoms. The van der Waals surface area contributed by atoms with Crippen LogP contribution in [0.3, 0.4) is 0 Å². The van der Waals surface area contributed by atoms with Gasteiger partial charge in [-0.3, -0.25) is 4.68 Å². The quantitative estimate of drug-likeness (QED) is 0.827. The smallest absolute Gasteiger partial charge is 0.152 e. The standard InChI is InChI=1S/C10H12ClN5/c1-7-3-4-12-10(11)9(7)13-5-8-6-16(2)15-14-8/h3-4,6,13H,5H2,1-2H3. The van der Waals surface area contributed by atoms with Crippen LogP contribution in [-0.2, 0) is 13.6 Å². The summed E-state index contributed by atoms with van der Waals surface area (Å²) in [6.45, 7) is 2.56. The van der Waals surface area contributed by atoms with E-state index >= 15 is 0 Å². The Hall–Kier alpha value is -1.62. The molecule has 0 aliphatic rings. The third-order valence-electron chi connectivity index (χ3n) is 2.21. The summed E-state index contributed by atoms with van der Waals surface area (Å²) in [6.07, 6.45) is 3.54. The van der Waals surface area contributed by atoms with E-state index in [-0.39, 0.29) is 0 Å². The van der Waals surface area contributed by atoms with Gasteiger partial charge in [0, 0.05) is 19.4 Å². The van der Waals surface area contributed by atoms with Gasteiger partial charge in [0.1, 0.15) is 5.69 Å². The number of halogens is 1. The molecule has 2 rings (SSSR count). The molecule has 2 aromatic heterocycles. The zero-order valence-electron chi connectivity index (χ0n) is 9.11. The number of anilines is 1. The van der Waals surface area contributed by atoms with Gasteiger partial charge in [0.2, 0.25) is 0 Å². The first-order chi connectivity index (χ1) is 7.66. The van der Waals surface area contributed by atoms with Crippen molar-refractivity contribution in [3.05, 3.63) is 34.9 Å². The van der Waals surface area contributed by atoms with Crippen LogP contribution in [-0.4, -0.2) is 20.0 Å². The van der Waals surface area contributed by atoms with Crippen LogP contribution in [0.2, 0.25) is 5.15 Å². The first-order valence-corrected chi connectivity index (χ1v) is 5.25. The lowest BCUT2D eigenvalue weighted by atomic mass is 10.2. The fraction of sp³-hybridized carbons (Fsp3) is 0.300. The van der Waals surface area contributed by atoms with Crippen molar-refractivity contribution in [1.82, 2.24) is 20.0 Å². The molecule has 0 atom stereocenters. The second-order valence-corrected chi connectivity index (χ2v) is 3.89. The molecule has 0 spiro atoms. The average Bonchev–Trinajstić information content (AvgIpc) is 2.63. The molecule has 0 fully saturated rings. The lowest BCUT2D eigenvalue weighted by Crippen LogP contribution is -2.02. The number of pyridine rings is 1. The molecule has 0 radical (unpaired) electrons. The molecule has 0 bridgehead atoms. The number of nitrogens with one attached hydrogen (secondary N) is 1. The Morgan fingerprint density at radius 3 is 2.94 bits per heavy atom. The lowest BCUT2D eigenvalue weighted by Gasteiger charge is -2.08. The van der Waals surface area contributed by atoms with Gasteiger partial charge in [-0.1, -0.05) is 16.8 Å². The summed E-state index contributed by atoms with van der Waals surface area (Å²) in [7, 11) is 1.83. The van der Waals surface area contributed by atoms with Crippen molar-refractivity contribution in [2.45, 2.75) is 13.5 Å². The predicted octanol–water partition coefficient (Wildman–Crippen LogP) is 1.78. The van der Waals surface area contributed by atoms with Crippen LogP contribution < -0.4 is 5.32 Å². The molecule has 84 valence electrons. The highest BCUT2D eigenvalue weighted by atomic mass is 35.5. The van der Waals surface area contributed by atoms with Crippen LogP contribution >= 0.6 is 11.6 Å². The van der Waals surface area contributed by atoms with E-state index in [1.54, 1.807) is 10.9 Å². The summed E-state index contributed by atoms with van der Waals surface area (Å²) in [5, 5.41) is 11.5. The normalized spacial score (nSPS) is 10.4. The van der Waals surface area contributed by atoms with Gasteiger partial charge in [0.15, 0.2) is 5.15 Å². The van der Waals surface area contributed by atoms with Crippen molar-refractivity contribution in [3.8, 4) is 0 Å². The highest BCUT2D eigenvalue weighted by Gasteiger charge is 2.05. The number of aryl methyl sites for hydroxylation is 2. The van der Waals surface area contributed by atoms with Gasteiger partial charge >= 0.3 is 0 Å². The SMILES string of the molecule is Cc1ccnc(Cl)c1NCc1cn(C)nn1. The van der Waals surface area contributed by atoms with Crippen molar-refractivity contribution >= 4 is 17.3 Å². The van der Waals surface area contributed by atoms with Crippen LogP contribution in [0.25, 0.3) is 0 Å². The van der Waals surface area contributed by atoms with E-state index in [9.17, 15) is 0 Å². The number of aromatic nitrogens is 4. The second kappa shape index (κ2) is 4.49. The molecule has 0 aromatic carbocycles. The summed E-state index contributed by atoms with van der Waals surface area (Å²) < 4.78 is 1.66. The third-order valence-corrected chi connectivity index (χ3v) is 2.50. The summed E-state index contributed by atoms with van der Waals surface area (Å²) in [4.78, 5) is 4.02. The van der Waals surface area contributed by atoms with Gasteiger partial charge in [-0.05, 0) is 18.6 Å². The Kier molecular flexibility index (Phi) is 3.05. The number of nitrogens with zero attached hydrogens (tertiary/aromatic N) is 4. The van der Waals surface area contributed by atoms with E-state index in [1.165, 1.54) is 0 Å². The van der Waals surface area contributed by atoms with E-state index < -0.39 is 0 Å². The maximum Gasteiger partial charge on any atom is 0.152 e. The van der Waals surface area contributed by atoms with Gasteiger partial charge in [0.05, 0.1) is 12.2 Å². The molecule has 2 heterocycles. The van der Waals surface area contributed by atoms with Gasteiger partial charge in [0.25, 0.3) is 0 Å². The molecule has 0 amide bonds. The Balaban J connectivity index is 2.10. The van der Waals surface area contributed by atoms with Crippen molar-refractivity contribution in [2.75, 3.05) is 5.32 Å². The van der Waals surface area contributed by atoms with Gasteiger partial charge < -0.3 is 5.32 Å². The summed E-state index contributed by atoms with van der Waals surface area (Å²) in [5.74, 6) is 0. The Morgan fingerprint density at radius 1 is 1.50 bits per heavy atom. The summed E-state index contributed by atoms with van der Waals surface area (Å²) in [5.41, 5.74) is 2.76. The number of hydrogen-bond donors (Lipinski definition) is 1. The third kappa shape index (κ3) is 2.30. The molecule has 0 saturated heterocycles. The van der Waals surface area contributed by atoms with Crippen molar-refractivity contribution in [3.63, 3.8) is 0 Å². The van der Waals surface area contributed by atoms with Crippen LogP contribution in [0.5, 0.6) is 0 Å². The average molecular weight is 238 g/mol. The van der Waals surface area contributed by atoms with Gasteiger partial charge in [-0.2, -0.15) is 0 Å². The zero-order valence-corrected chi connectivity index (χ0v) is 9.86. The summed E-state index contributed by atoms with van der Waals surface area (Å²) in [6, 6.07) is 1.91. The molecule has 2 aromatic rings. The zero-order chi connectivity index (χ0) is 11.5. The minimum atomic E-state index is 0.476. The molecule has 5 nitrogen and oxygen atoms in total. The first kappa shape index (κ1) is 10.9. The van der Waals surface area contributed by atoms with Crippen molar-refractivity contribution in [2.24, 2.45) is 7.05 Å². The lowest BCUT2D eigenvalue weighted by molar-refractivity contribution is 0.713. The van der Waals surface area contributed by atoms with E-state index in [4.69, 9.17) is 11.6 Å². The number of hydrogen-bond acceptors (Lipinski definition) is 4. The van der Waals surface area contributed by atoms with E-state index in [2.05, 4.69) is 20.6 Å². The van der Waals surface area contributed by atoms with Crippen LogP contribution in [0.1, 0.15) is 11.3 Å². The maximum absolute atomic E-state index is 5.99. The minimum Gasteiger partial charge on any atom is -0.377 e. The molecular weight excluding hydrogens is 226 g/mol. The molecule has 0 aliphatic carbocycles. The van der Waals surface area contributed by atoms with Crippen LogP contribution in [0.4, 0.5) is 5.69 Å². The van der Waals surface area contributed by atoms with E-state index in [0.717, 1.165) is 16.9 Å². The highest BCUT2D eigenvalue weighted by Crippen LogP contribution is 2.22. The minimum absolute atomic E-state index is 0.476. The Labute approximate surface area is 98.5 Å². The molecule has 1 N–H and O–H groups in total. The fourth-order valence-electron chi connectivity index (χ4n) is 1.39. The van der Waals surface area contributed by atoms with Gasteiger partial charge in [-0.15, -0.1) is 5.10 Å². The van der Waals surface area contributed by atoms with Crippen LogP contribution in [0.15, 0.2) is 18.5 Å². The van der Waals surface area contributed by atoms with Gasteiger partial charge in [-0.25, -0.2) is 4.98 Å². The molecule has 0 aliphatic heterocycles. The topological polar surface area (TPSA) is 55.6 Å². The predicted molar refractivity (Wildman–Crippen MR) is 62.3 cm³/mol. The number of rotatable bonds is 3. The first-order valence-electron chi connectivity index (χ1n) is 4.87. The molecule has 0 unspecified atom stereocenters. The fourth-order valence-corrected chi connectivity index (χ4v) is 1.66. The second-order valence-electron chi connectivity index (χ2n) is 3.53. The highest BCUT2D eigenvalue weighted by molar-refractivity contribution is 6.32. The molecule has 6 heteroatoms. The molecular formula is C10H12ClN5. The van der Waals surface area contributed by atoms with Crippen molar-refractivity contribution < 1.29 is 0 Å². The molecule has 0 saturated carbocycles. The van der Waals surface area contributed by atoms with E-state index in [1.807, 2.05) is 26.2 Å². The Morgan fingerprint density at radius 2 is 2.31 bits per heavy atom. The monoisotopic (exact) mass is 237 g/mol.